The third kappa shape index (κ3) is 5.41. The zero-order chi connectivity index (χ0) is 20.4. The van der Waals surface area contributed by atoms with E-state index in [1.54, 1.807) is 0 Å². The first-order chi connectivity index (χ1) is 12.4. The van der Waals surface area contributed by atoms with Crippen LogP contribution in [0.5, 0.6) is 0 Å². The monoisotopic (exact) mass is 424 g/mol. The first-order valence-corrected chi connectivity index (χ1v) is 9.22. The highest BCUT2D eigenvalue weighted by molar-refractivity contribution is 7.89. The highest BCUT2D eigenvalue weighted by atomic mass is 35.5. The predicted octanol–water partition coefficient (Wildman–Crippen LogP) is 3.80. The molecule has 27 heavy (non-hydrogen) atoms. The van der Waals surface area contributed by atoms with E-state index >= 15 is 0 Å². The number of rotatable bonds is 5. The minimum atomic E-state index is -4.94. The lowest BCUT2D eigenvalue weighted by Crippen LogP contribution is -2.41. The van der Waals surface area contributed by atoms with Crippen LogP contribution >= 0.6 is 11.6 Å². The molecule has 0 saturated carbocycles. The van der Waals surface area contributed by atoms with Crippen LogP contribution in [0.3, 0.4) is 0 Å². The highest BCUT2D eigenvalue weighted by Gasteiger charge is 2.34. The molecule has 2 N–H and O–H groups in total. The molecule has 0 aromatic heterocycles. The molecular weight excluding hydrogens is 412 g/mol. The van der Waals surface area contributed by atoms with Crippen LogP contribution in [-0.4, -0.2) is 20.4 Å². The smallest absolute Gasteiger partial charge is 0.325 e. The predicted molar refractivity (Wildman–Crippen MR) is 91.3 cm³/mol. The second-order valence-corrected chi connectivity index (χ2v) is 7.63. The molecule has 0 aliphatic rings. The summed E-state index contributed by atoms with van der Waals surface area (Å²) >= 11 is 5.68. The van der Waals surface area contributed by atoms with Crippen molar-refractivity contribution >= 4 is 33.2 Å². The Labute approximate surface area is 157 Å². The summed E-state index contributed by atoms with van der Waals surface area (Å²) < 4.78 is 77.9. The Morgan fingerprint density at radius 1 is 1.11 bits per heavy atom. The summed E-state index contributed by atoms with van der Waals surface area (Å²) in [6.45, 7) is 1.21. The molecular formula is C16H13ClF4N2O3S. The van der Waals surface area contributed by atoms with Crippen LogP contribution in [0.4, 0.5) is 23.2 Å². The molecule has 0 aliphatic heterocycles. The summed E-state index contributed by atoms with van der Waals surface area (Å²) in [4.78, 5) is 11.9. The SMILES string of the molecule is CC(NS(=O)(=O)c1ccc(Cl)cc1)C(=O)Nc1ccc(F)c(C(F)(F)F)c1. The quantitative estimate of drug-likeness (QED) is 0.717. The Kier molecular flexibility index (Phi) is 6.13. The Balaban J connectivity index is 2.13. The molecule has 0 heterocycles. The number of amides is 1. The Hall–Kier alpha value is -2.17. The van der Waals surface area contributed by atoms with Gasteiger partial charge in [0.2, 0.25) is 15.9 Å². The molecule has 11 heteroatoms. The van der Waals surface area contributed by atoms with E-state index in [1.807, 2.05) is 0 Å². The summed E-state index contributed by atoms with van der Waals surface area (Å²) in [6.07, 6.45) is -4.94. The van der Waals surface area contributed by atoms with E-state index in [1.165, 1.54) is 31.2 Å². The molecule has 2 aromatic rings. The molecule has 2 aromatic carbocycles. The van der Waals surface area contributed by atoms with Crippen molar-refractivity contribution in [2.24, 2.45) is 0 Å². The molecule has 5 nitrogen and oxygen atoms in total. The second kappa shape index (κ2) is 7.83. The Morgan fingerprint density at radius 3 is 2.26 bits per heavy atom. The van der Waals surface area contributed by atoms with Gasteiger partial charge in [0.05, 0.1) is 16.5 Å². The lowest BCUT2D eigenvalue weighted by atomic mass is 10.1. The van der Waals surface area contributed by atoms with Crippen LogP contribution < -0.4 is 10.0 Å². The average molecular weight is 425 g/mol. The van der Waals surface area contributed by atoms with Crippen molar-refractivity contribution in [2.45, 2.75) is 24.0 Å². The number of carbonyl (C=O) groups is 1. The van der Waals surface area contributed by atoms with E-state index in [9.17, 15) is 30.8 Å². The number of anilines is 1. The number of hydrogen-bond donors (Lipinski definition) is 2. The fourth-order valence-electron chi connectivity index (χ4n) is 2.04. The lowest BCUT2D eigenvalue weighted by Gasteiger charge is -2.15. The van der Waals surface area contributed by atoms with Crippen LogP contribution in [0.2, 0.25) is 5.02 Å². The van der Waals surface area contributed by atoms with Gasteiger partial charge < -0.3 is 5.32 Å². The second-order valence-electron chi connectivity index (χ2n) is 5.48. The van der Waals surface area contributed by atoms with Crippen molar-refractivity contribution in [3.05, 3.63) is 58.9 Å². The zero-order valence-electron chi connectivity index (χ0n) is 13.6. The van der Waals surface area contributed by atoms with Gasteiger partial charge in [0.1, 0.15) is 5.82 Å². The van der Waals surface area contributed by atoms with Crippen LogP contribution in [0.1, 0.15) is 12.5 Å². The number of hydrogen-bond acceptors (Lipinski definition) is 3. The van der Waals surface area contributed by atoms with Gasteiger partial charge in [-0.3, -0.25) is 4.79 Å². The summed E-state index contributed by atoms with van der Waals surface area (Å²) in [5.41, 5.74) is -1.87. The maximum absolute atomic E-state index is 13.3. The van der Waals surface area contributed by atoms with Crippen molar-refractivity contribution in [1.29, 1.82) is 0 Å². The van der Waals surface area contributed by atoms with Crippen LogP contribution in [0.15, 0.2) is 47.4 Å². The molecule has 0 spiro atoms. The molecule has 1 unspecified atom stereocenters. The summed E-state index contributed by atoms with van der Waals surface area (Å²) in [7, 11) is -4.06. The number of benzene rings is 2. The minimum absolute atomic E-state index is 0.146. The van der Waals surface area contributed by atoms with E-state index in [-0.39, 0.29) is 10.6 Å². The van der Waals surface area contributed by atoms with Gasteiger partial charge in [0.15, 0.2) is 0 Å². The molecule has 146 valence electrons. The van der Waals surface area contributed by atoms with Gasteiger partial charge in [-0.2, -0.15) is 17.9 Å². The van der Waals surface area contributed by atoms with Gasteiger partial charge in [-0.25, -0.2) is 12.8 Å². The highest BCUT2D eigenvalue weighted by Crippen LogP contribution is 2.33. The van der Waals surface area contributed by atoms with E-state index < -0.39 is 39.5 Å². The van der Waals surface area contributed by atoms with Gasteiger partial charge >= 0.3 is 6.18 Å². The zero-order valence-corrected chi connectivity index (χ0v) is 15.2. The Bertz CT molecular complexity index is 947. The van der Waals surface area contributed by atoms with Gasteiger partial charge in [-0.15, -0.1) is 0 Å². The van der Waals surface area contributed by atoms with Crippen molar-refractivity contribution < 1.29 is 30.8 Å². The lowest BCUT2D eigenvalue weighted by molar-refractivity contribution is -0.140. The van der Waals surface area contributed by atoms with Crippen molar-refractivity contribution in [3.63, 3.8) is 0 Å². The van der Waals surface area contributed by atoms with Crippen molar-refractivity contribution in [3.8, 4) is 0 Å². The van der Waals surface area contributed by atoms with E-state index in [4.69, 9.17) is 11.6 Å². The first kappa shape index (κ1) is 21.1. The number of carbonyl (C=O) groups excluding carboxylic acids is 1. The number of halogens is 5. The van der Waals surface area contributed by atoms with Gasteiger partial charge in [-0.05, 0) is 49.4 Å². The van der Waals surface area contributed by atoms with Crippen LogP contribution in [-0.2, 0) is 21.0 Å². The average Bonchev–Trinajstić information content (AvgIpc) is 2.55. The Morgan fingerprint density at radius 2 is 1.70 bits per heavy atom. The molecule has 0 radical (unpaired) electrons. The maximum Gasteiger partial charge on any atom is 0.419 e. The van der Waals surface area contributed by atoms with Crippen LogP contribution in [0.25, 0.3) is 0 Å². The summed E-state index contributed by atoms with van der Waals surface area (Å²) in [6, 6.07) is 5.74. The molecule has 0 aliphatic carbocycles. The van der Waals surface area contributed by atoms with Crippen molar-refractivity contribution in [2.75, 3.05) is 5.32 Å². The molecule has 2 rings (SSSR count). The molecule has 0 bridgehead atoms. The first-order valence-electron chi connectivity index (χ1n) is 7.35. The van der Waals surface area contributed by atoms with Gasteiger partial charge in [0.25, 0.3) is 0 Å². The van der Waals surface area contributed by atoms with E-state index in [0.717, 1.165) is 6.07 Å². The maximum atomic E-state index is 13.3. The fraction of sp³-hybridized carbons (Fsp3) is 0.188. The summed E-state index contributed by atoms with van der Waals surface area (Å²) in [5, 5.41) is 2.43. The van der Waals surface area contributed by atoms with Gasteiger partial charge in [-0.1, -0.05) is 11.6 Å². The normalized spacial score (nSPS) is 13.3. The minimum Gasteiger partial charge on any atom is -0.325 e. The molecule has 0 saturated heterocycles. The van der Waals surface area contributed by atoms with Crippen LogP contribution in [0, 0.1) is 5.82 Å². The number of sulfonamides is 1. The fourth-order valence-corrected chi connectivity index (χ4v) is 3.37. The largest absolute Gasteiger partial charge is 0.419 e. The van der Waals surface area contributed by atoms with E-state index in [2.05, 4.69) is 10.0 Å². The molecule has 0 fully saturated rings. The molecule has 1 atom stereocenters. The van der Waals surface area contributed by atoms with Gasteiger partial charge in [0, 0.05) is 10.7 Å². The third-order valence-electron chi connectivity index (χ3n) is 3.39. The molecule has 1 amide bonds. The van der Waals surface area contributed by atoms with E-state index in [0.29, 0.717) is 17.2 Å². The number of alkyl halides is 3. The topological polar surface area (TPSA) is 75.3 Å². The third-order valence-corrected chi connectivity index (χ3v) is 5.20. The summed E-state index contributed by atoms with van der Waals surface area (Å²) in [5.74, 6) is -2.41. The van der Waals surface area contributed by atoms with Crippen molar-refractivity contribution in [1.82, 2.24) is 4.72 Å². The number of nitrogens with one attached hydrogen (secondary N) is 2. The standard InChI is InChI=1S/C16H13ClF4N2O3S/c1-9(23-27(25,26)12-5-2-10(17)3-6-12)15(24)22-11-4-7-14(18)13(8-11)16(19,20)21/h2-9,23H,1H3,(H,22,24).